The normalized spacial score (nSPS) is 15.8. The molecule has 8 heteroatoms. The highest BCUT2D eigenvalue weighted by atomic mass is 32.2. The highest BCUT2D eigenvalue weighted by molar-refractivity contribution is 7.89. The molecule has 29 heavy (non-hydrogen) atoms. The summed E-state index contributed by atoms with van der Waals surface area (Å²) in [5.41, 5.74) is 1.34. The molecule has 0 radical (unpaired) electrons. The van der Waals surface area contributed by atoms with Gasteiger partial charge in [-0.15, -0.1) is 10.2 Å². The number of hydrogen-bond donors (Lipinski definition) is 0. The maximum absolute atomic E-state index is 13.3. The molecular formula is C21H23N3O4S. The fraction of sp³-hybridized carbons (Fsp3) is 0.333. The zero-order valence-corrected chi connectivity index (χ0v) is 17.1. The van der Waals surface area contributed by atoms with Gasteiger partial charge in [0.05, 0.1) is 7.11 Å². The Hall–Kier alpha value is -2.71. The Bertz CT molecular complexity index is 1070. The molecule has 1 fully saturated rings. The van der Waals surface area contributed by atoms with Crippen LogP contribution in [0, 0.1) is 0 Å². The molecule has 7 nitrogen and oxygen atoms in total. The number of rotatable bonds is 5. The summed E-state index contributed by atoms with van der Waals surface area (Å²) in [5.74, 6) is 0.952. The molecule has 1 aliphatic rings. The lowest BCUT2D eigenvalue weighted by Gasteiger charge is -2.21. The Morgan fingerprint density at radius 2 is 1.55 bits per heavy atom. The van der Waals surface area contributed by atoms with E-state index in [1.807, 2.05) is 30.3 Å². The van der Waals surface area contributed by atoms with E-state index in [0.717, 1.165) is 31.2 Å². The molecule has 0 aliphatic carbocycles. The molecule has 0 spiro atoms. The number of hydrogen-bond acceptors (Lipinski definition) is 6. The minimum atomic E-state index is -3.69. The molecule has 0 unspecified atom stereocenters. The van der Waals surface area contributed by atoms with Crippen LogP contribution in [-0.4, -0.2) is 43.1 Å². The molecule has 2 heterocycles. The summed E-state index contributed by atoms with van der Waals surface area (Å²) in [7, 11) is -2.22. The number of aromatic nitrogens is 2. The lowest BCUT2D eigenvalue weighted by Crippen LogP contribution is -2.32. The molecule has 0 atom stereocenters. The first-order valence-corrected chi connectivity index (χ1v) is 11.1. The van der Waals surface area contributed by atoms with Crippen molar-refractivity contribution in [2.75, 3.05) is 20.2 Å². The maximum Gasteiger partial charge on any atom is 0.248 e. The molecule has 2 aromatic carbocycles. The van der Waals surface area contributed by atoms with E-state index >= 15 is 0 Å². The van der Waals surface area contributed by atoms with Crippen LogP contribution in [0.25, 0.3) is 22.9 Å². The molecule has 1 saturated heterocycles. The highest BCUT2D eigenvalue weighted by Crippen LogP contribution is 2.33. The van der Waals surface area contributed by atoms with E-state index in [0.29, 0.717) is 30.3 Å². The third kappa shape index (κ3) is 4.04. The quantitative estimate of drug-likeness (QED) is 0.629. The minimum Gasteiger partial charge on any atom is -0.495 e. The maximum atomic E-state index is 13.3. The number of sulfonamides is 1. The Morgan fingerprint density at radius 1 is 0.897 bits per heavy atom. The van der Waals surface area contributed by atoms with Gasteiger partial charge in [0.15, 0.2) is 0 Å². The van der Waals surface area contributed by atoms with Crippen molar-refractivity contribution in [3.05, 3.63) is 48.5 Å². The SMILES string of the molecule is COc1ccc(-c2nnc(-c3ccccc3)o2)cc1S(=O)(=O)N1CCCCCC1. The van der Waals surface area contributed by atoms with Gasteiger partial charge in [-0.3, -0.25) is 0 Å². The van der Waals surface area contributed by atoms with Gasteiger partial charge in [0.2, 0.25) is 21.8 Å². The highest BCUT2D eigenvalue weighted by Gasteiger charge is 2.29. The van der Waals surface area contributed by atoms with Gasteiger partial charge in [0, 0.05) is 24.2 Å². The van der Waals surface area contributed by atoms with Crippen molar-refractivity contribution in [3.8, 4) is 28.7 Å². The average molecular weight is 413 g/mol. The fourth-order valence-electron chi connectivity index (χ4n) is 3.47. The van der Waals surface area contributed by atoms with Crippen molar-refractivity contribution in [2.24, 2.45) is 0 Å². The second-order valence-electron chi connectivity index (χ2n) is 6.96. The lowest BCUT2D eigenvalue weighted by atomic mass is 10.2. The first-order valence-electron chi connectivity index (χ1n) is 9.67. The zero-order valence-electron chi connectivity index (χ0n) is 16.2. The summed E-state index contributed by atoms with van der Waals surface area (Å²) in [6.45, 7) is 1.04. The van der Waals surface area contributed by atoms with Gasteiger partial charge in [-0.1, -0.05) is 31.0 Å². The van der Waals surface area contributed by atoms with Crippen LogP contribution in [0.3, 0.4) is 0 Å². The smallest absolute Gasteiger partial charge is 0.248 e. The van der Waals surface area contributed by atoms with Crippen molar-refractivity contribution >= 4 is 10.0 Å². The molecule has 1 aliphatic heterocycles. The van der Waals surface area contributed by atoms with E-state index in [1.54, 1.807) is 22.5 Å². The number of nitrogens with zero attached hydrogens (tertiary/aromatic N) is 3. The predicted molar refractivity (Wildman–Crippen MR) is 109 cm³/mol. The van der Waals surface area contributed by atoms with E-state index in [2.05, 4.69) is 10.2 Å². The van der Waals surface area contributed by atoms with Gasteiger partial charge in [-0.2, -0.15) is 4.31 Å². The van der Waals surface area contributed by atoms with E-state index in [9.17, 15) is 8.42 Å². The van der Waals surface area contributed by atoms with Crippen molar-refractivity contribution in [1.82, 2.24) is 14.5 Å². The summed E-state index contributed by atoms with van der Waals surface area (Å²) >= 11 is 0. The van der Waals surface area contributed by atoms with Crippen LogP contribution in [0.2, 0.25) is 0 Å². The monoisotopic (exact) mass is 413 g/mol. The molecule has 0 saturated carbocycles. The summed E-state index contributed by atoms with van der Waals surface area (Å²) in [6.07, 6.45) is 3.83. The summed E-state index contributed by atoms with van der Waals surface area (Å²) in [5, 5.41) is 8.19. The average Bonchev–Trinajstić information content (AvgIpc) is 3.08. The largest absolute Gasteiger partial charge is 0.495 e. The minimum absolute atomic E-state index is 0.124. The molecule has 0 N–H and O–H groups in total. The van der Waals surface area contributed by atoms with E-state index in [-0.39, 0.29) is 10.8 Å². The Balaban J connectivity index is 1.71. The van der Waals surface area contributed by atoms with Crippen molar-refractivity contribution in [2.45, 2.75) is 30.6 Å². The van der Waals surface area contributed by atoms with Crippen molar-refractivity contribution in [1.29, 1.82) is 0 Å². The first-order chi connectivity index (χ1) is 14.1. The molecule has 4 rings (SSSR count). The number of benzene rings is 2. The number of methoxy groups -OCH3 is 1. The Morgan fingerprint density at radius 3 is 2.21 bits per heavy atom. The molecule has 0 bridgehead atoms. The Kier molecular flexibility index (Phi) is 5.64. The standard InChI is InChI=1S/C21H23N3O4S/c1-27-18-12-11-17(21-23-22-20(28-21)16-9-5-4-6-10-16)15-19(18)29(25,26)24-13-7-2-3-8-14-24/h4-6,9-12,15H,2-3,7-8,13-14H2,1H3. The lowest BCUT2D eigenvalue weighted by molar-refractivity contribution is 0.391. The van der Waals surface area contributed by atoms with Crippen LogP contribution in [0.15, 0.2) is 57.8 Å². The van der Waals surface area contributed by atoms with E-state index < -0.39 is 10.0 Å². The van der Waals surface area contributed by atoms with Gasteiger partial charge >= 0.3 is 0 Å². The van der Waals surface area contributed by atoms with Crippen LogP contribution in [0.4, 0.5) is 0 Å². The second kappa shape index (κ2) is 8.34. The topological polar surface area (TPSA) is 85.5 Å². The molecule has 1 aromatic heterocycles. The predicted octanol–water partition coefficient (Wildman–Crippen LogP) is 3.98. The van der Waals surface area contributed by atoms with Crippen LogP contribution >= 0.6 is 0 Å². The van der Waals surface area contributed by atoms with Gasteiger partial charge in [-0.05, 0) is 43.2 Å². The van der Waals surface area contributed by atoms with Gasteiger partial charge < -0.3 is 9.15 Å². The second-order valence-corrected chi connectivity index (χ2v) is 8.87. The van der Waals surface area contributed by atoms with Gasteiger partial charge in [0.1, 0.15) is 10.6 Å². The molecular weight excluding hydrogens is 390 g/mol. The molecule has 3 aromatic rings. The van der Waals surface area contributed by atoms with Crippen molar-refractivity contribution < 1.29 is 17.6 Å². The summed E-state index contributed by atoms with van der Waals surface area (Å²) in [4.78, 5) is 0.124. The van der Waals surface area contributed by atoms with Crippen molar-refractivity contribution in [3.63, 3.8) is 0 Å². The number of ether oxygens (including phenoxy) is 1. The third-order valence-electron chi connectivity index (χ3n) is 5.04. The molecule has 0 amide bonds. The third-order valence-corrected chi connectivity index (χ3v) is 6.96. The van der Waals surface area contributed by atoms with Gasteiger partial charge in [0.25, 0.3) is 0 Å². The van der Waals surface area contributed by atoms with Crippen LogP contribution in [0.1, 0.15) is 25.7 Å². The van der Waals surface area contributed by atoms with Gasteiger partial charge in [-0.25, -0.2) is 8.42 Å². The van der Waals surface area contributed by atoms with E-state index in [1.165, 1.54) is 7.11 Å². The van der Waals surface area contributed by atoms with Crippen LogP contribution < -0.4 is 4.74 Å². The van der Waals surface area contributed by atoms with Crippen LogP contribution in [-0.2, 0) is 10.0 Å². The summed E-state index contributed by atoms with van der Waals surface area (Å²) in [6, 6.07) is 14.3. The summed E-state index contributed by atoms with van der Waals surface area (Å²) < 4.78 is 39.3. The molecule has 152 valence electrons. The van der Waals surface area contributed by atoms with Crippen LogP contribution in [0.5, 0.6) is 5.75 Å². The Labute approximate surface area is 170 Å². The zero-order chi connectivity index (χ0) is 20.3. The van der Waals surface area contributed by atoms with E-state index in [4.69, 9.17) is 9.15 Å². The first kappa shape index (κ1) is 19.6. The fourth-order valence-corrected chi connectivity index (χ4v) is 5.17.